The Balaban J connectivity index is 1.88. The predicted molar refractivity (Wildman–Crippen MR) is 141 cm³/mol. The van der Waals surface area contributed by atoms with E-state index in [9.17, 15) is 13.2 Å². The maximum Gasteiger partial charge on any atom is 0.229 e. The molecule has 2 aliphatic rings. The van der Waals surface area contributed by atoms with E-state index in [2.05, 4.69) is 11.6 Å². The van der Waals surface area contributed by atoms with Crippen molar-refractivity contribution >= 4 is 38.9 Å². The first-order valence-electron chi connectivity index (χ1n) is 12.1. The molecule has 1 saturated carbocycles. The number of rotatable bonds is 9. The minimum atomic E-state index is -3.29. The van der Waals surface area contributed by atoms with Gasteiger partial charge in [-0.15, -0.1) is 6.58 Å². The van der Waals surface area contributed by atoms with Crippen LogP contribution >= 0.6 is 23.2 Å². The van der Waals surface area contributed by atoms with E-state index >= 15 is 0 Å². The Morgan fingerprint density at radius 3 is 2.43 bits per heavy atom. The summed E-state index contributed by atoms with van der Waals surface area (Å²) in [6.07, 6.45) is 8.16. The summed E-state index contributed by atoms with van der Waals surface area (Å²) in [6.45, 7) is 7.81. The van der Waals surface area contributed by atoms with E-state index in [0.717, 1.165) is 11.1 Å². The predicted octanol–water partition coefficient (Wildman–Crippen LogP) is 6.38. The zero-order chi connectivity index (χ0) is 25.4. The molecule has 4 atom stereocenters. The Morgan fingerprint density at radius 1 is 1.17 bits per heavy atom. The van der Waals surface area contributed by atoms with Gasteiger partial charge in [-0.25, -0.2) is 8.42 Å². The molecule has 1 aliphatic heterocycles. The fourth-order valence-electron chi connectivity index (χ4n) is 5.41. The van der Waals surface area contributed by atoms with E-state index in [1.165, 1.54) is 0 Å². The van der Waals surface area contributed by atoms with E-state index < -0.39 is 21.3 Å². The summed E-state index contributed by atoms with van der Waals surface area (Å²) in [4.78, 5) is 20.4. The number of nitrogens with zero attached hydrogens (tertiary/aromatic N) is 2. The number of halogens is 2. The minimum Gasteiger partial charge on any atom is -0.331 e. The number of likely N-dealkylation sites (tertiary alicyclic amines) is 1. The van der Waals surface area contributed by atoms with Crippen LogP contribution in [0.4, 0.5) is 0 Å². The highest BCUT2D eigenvalue weighted by atomic mass is 35.5. The third kappa shape index (κ3) is 5.45. The largest absolute Gasteiger partial charge is 0.331 e. The third-order valence-corrected chi connectivity index (χ3v) is 10.2. The Hall–Kier alpha value is -1.89. The summed E-state index contributed by atoms with van der Waals surface area (Å²) in [5, 5.41) is 0.843. The maximum absolute atomic E-state index is 14.2. The maximum atomic E-state index is 14.2. The Bertz CT molecular complexity index is 1200. The van der Waals surface area contributed by atoms with Gasteiger partial charge in [-0.1, -0.05) is 55.3 Å². The molecule has 1 saturated heterocycles. The van der Waals surface area contributed by atoms with Crippen molar-refractivity contribution in [3.05, 3.63) is 76.6 Å². The zero-order valence-electron chi connectivity index (χ0n) is 20.2. The fraction of sp³-hybridized carbons (Fsp3) is 0.481. The number of hydrogen-bond donors (Lipinski definition) is 0. The first kappa shape index (κ1) is 26.2. The lowest BCUT2D eigenvalue weighted by atomic mass is 9.67. The van der Waals surface area contributed by atoms with Crippen LogP contribution in [0, 0.1) is 5.41 Å². The Labute approximate surface area is 218 Å². The number of carbonyl (C=O) groups is 1. The molecule has 35 heavy (non-hydrogen) atoms. The first-order chi connectivity index (χ1) is 16.6. The third-order valence-electron chi connectivity index (χ3n) is 7.38. The number of piperidine rings is 1. The molecule has 188 valence electrons. The number of benzene rings is 1. The molecule has 0 spiro atoms. The van der Waals surface area contributed by atoms with Gasteiger partial charge in [-0.2, -0.15) is 0 Å². The first-order valence-corrected chi connectivity index (χ1v) is 14.6. The Kier molecular flexibility index (Phi) is 7.65. The number of aromatic nitrogens is 1. The standard InChI is InChI=1S/C27H32Cl2N2O3S/c1-4-12-27(3)14-24(19-13-21(29)16-30-15-19)25(18-6-8-20(28)9-7-18)31(26(27)32)22(5-2)17-35(33,34)23-10-11-23/h4,6-9,13,15-16,22-25H,1,5,10-12,14,17H2,2-3H3/t22?,24-,25-,27+/m1/s1. The van der Waals surface area contributed by atoms with E-state index in [-0.39, 0.29) is 28.9 Å². The van der Waals surface area contributed by atoms with E-state index in [1.54, 1.807) is 18.5 Å². The van der Waals surface area contributed by atoms with Crippen LogP contribution in [0.25, 0.3) is 0 Å². The van der Waals surface area contributed by atoms with Crippen LogP contribution in [0.2, 0.25) is 10.0 Å². The van der Waals surface area contributed by atoms with Gasteiger partial charge in [0.25, 0.3) is 0 Å². The van der Waals surface area contributed by atoms with Gasteiger partial charge in [0.05, 0.1) is 27.5 Å². The summed E-state index contributed by atoms with van der Waals surface area (Å²) in [6, 6.07) is 8.54. The lowest BCUT2D eigenvalue weighted by Gasteiger charge is -2.52. The molecule has 2 heterocycles. The SMILES string of the molecule is C=CC[C@@]1(C)C[C@H](c2cncc(Cl)c2)[C@@H](c2ccc(Cl)cc2)N(C(CC)CS(=O)(=O)C2CC2)C1=O. The monoisotopic (exact) mass is 534 g/mol. The molecule has 8 heteroatoms. The summed E-state index contributed by atoms with van der Waals surface area (Å²) in [7, 11) is -3.29. The highest BCUT2D eigenvalue weighted by Gasteiger charge is 2.52. The lowest BCUT2D eigenvalue weighted by Crippen LogP contribution is -2.57. The van der Waals surface area contributed by atoms with Crippen molar-refractivity contribution in [1.82, 2.24) is 9.88 Å². The molecule has 0 radical (unpaired) electrons. The van der Waals surface area contributed by atoms with Crippen LogP contribution in [-0.2, 0) is 14.6 Å². The van der Waals surface area contributed by atoms with E-state index in [0.29, 0.717) is 42.1 Å². The summed E-state index contributed by atoms with van der Waals surface area (Å²) in [5.41, 5.74) is 1.11. The molecule has 5 nitrogen and oxygen atoms in total. The number of carbonyl (C=O) groups excluding carboxylic acids is 1. The van der Waals surface area contributed by atoms with Crippen molar-refractivity contribution in [3.8, 4) is 0 Å². The average Bonchev–Trinajstić information content (AvgIpc) is 3.67. The molecular weight excluding hydrogens is 503 g/mol. The summed E-state index contributed by atoms with van der Waals surface area (Å²) >= 11 is 12.5. The highest BCUT2D eigenvalue weighted by Crippen LogP contribution is 2.52. The van der Waals surface area contributed by atoms with Gasteiger partial charge in [-0.05, 0) is 61.4 Å². The molecule has 1 amide bonds. The molecule has 0 bridgehead atoms. The van der Waals surface area contributed by atoms with Crippen molar-refractivity contribution in [3.63, 3.8) is 0 Å². The summed E-state index contributed by atoms with van der Waals surface area (Å²) < 4.78 is 26.2. The second-order valence-corrected chi connectivity index (χ2v) is 13.3. The van der Waals surface area contributed by atoms with Crippen LogP contribution in [0.1, 0.15) is 69.0 Å². The van der Waals surface area contributed by atoms with Gasteiger partial charge >= 0.3 is 0 Å². The van der Waals surface area contributed by atoms with Crippen molar-refractivity contribution < 1.29 is 13.2 Å². The Morgan fingerprint density at radius 2 is 1.86 bits per heavy atom. The smallest absolute Gasteiger partial charge is 0.229 e. The lowest BCUT2D eigenvalue weighted by molar-refractivity contribution is -0.153. The topological polar surface area (TPSA) is 67.3 Å². The van der Waals surface area contributed by atoms with Crippen LogP contribution in [0.5, 0.6) is 0 Å². The van der Waals surface area contributed by atoms with Crippen molar-refractivity contribution in [2.24, 2.45) is 5.41 Å². The number of amides is 1. The van der Waals surface area contributed by atoms with Gasteiger partial charge in [0.2, 0.25) is 5.91 Å². The van der Waals surface area contributed by atoms with Crippen LogP contribution in [-0.4, -0.2) is 41.3 Å². The molecule has 1 aromatic carbocycles. The van der Waals surface area contributed by atoms with E-state index in [4.69, 9.17) is 23.2 Å². The van der Waals surface area contributed by atoms with Crippen LogP contribution < -0.4 is 0 Å². The quantitative estimate of drug-likeness (QED) is 0.350. The summed E-state index contributed by atoms with van der Waals surface area (Å²) in [5.74, 6) is -0.210. The molecule has 2 aromatic rings. The number of allylic oxidation sites excluding steroid dienone is 1. The number of hydrogen-bond acceptors (Lipinski definition) is 4. The van der Waals surface area contributed by atoms with Gasteiger partial charge in [0.15, 0.2) is 9.84 Å². The second kappa shape index (κ2) is 10.2. The normalized spacial score (nSPS) is 25.9. The van der Waals surface area contributed by atoms with Crippen molar-refractivity contribution in [1.29, 1.82) is 0 Å². The molecule has 0 N–H and O–H groups in total. The van der Waals surface area contributed by atoms with Crippen molar-refractivity contribution in [2.75, 3.05) is 5.75 Å². The van der Waals surface area contributed by atoms with Gasteiger partial charge in [0, 0.05) is 29.4 Å². The van der Waals surface area contributed by atoms with Crippen LogP contribution in [0.15, 0.2) is 55.4 Å². The van der Waals surface area contributed by atoms with Gasteiger partial charge in [0.1, 0.15) is 0 Å². The highest BCUT2D eigenvalue weighted by molar-refractivity contribution is 7.92. The molecule has 1 aromatic heterocycles. The molecular formula is C27H32Cl2N2O3S. The molecule has 1 aliphatic carbocycles. The van der Waals surface area contributed by atoms with Crippen molar-refractivity contribution in [2.45, 2.75) is 69.2 Å². The fourth-order valence-corrected chi connectivity index (χ4v) is 7.78. The number of pyridine rings is 1. The van der Waals surface area contributed by atoms with Crippen LogP contribution in [0.3, 0.4) is 0 Å². The molecule has 1 unspecified atom stereocenters. The number of sulfone groups is 1. The average molecular weight is 536 g/mol. The van der Waals surface area contributed by atoms with Gasteiger partial charge in [-0.3, -0.25) is 9.78 Å². The zero-order valence-corrected chi connectivity index (χ0v) is 22.5. The van der Waals surface area contributed by atoms with E-state index in [1.807, 2.05) is 49.1 Å². The van der Waals surface area contributed by atoms with Gasteiger partial charge < -0.3 is 4.90 Å². The molecule has 2 fully saturated rings. The second-order valence-electron chi connectivity index (χ2n) is 10.1. The minimum absolute atomic E-state index is 0.0331. The molecule has 4 rings (SSSR count).